The van der Waals surface area contributed by atoms with E-state index in [4.69, 9.17) is 9.47 Å². The average molecular weight is 325 g/mol. The molecule has 1 aliphatic rings. The predicted octanol–water partition coefficient (Wildman–Crippen LogP) is 2.18. The number of rotatable bonds is 5. The Labute approximate surface area is 140 Å². The number of ether oxygens (including phenoxy) is 2. The zero-order chi connectivity index (χ0) is 16.8. The first-order valence-electron chi connectivity index (χ1n) is 7.79. The first-order valence-corrected chi connectivity index (χ1v) is 7.79. The molecule has 1 saturated heterocycles. The Morgan fingerprint density at radius 3 is 2.83 bits per heavy atom. The molecule has 1 aromatic carbocycles. The van der Waals surface area contributed by atoms with Crippen molar-refractivity contribution in [2.24, 2.45) is 0 Å². The fourth-order valence-corrected chi connectivity index (χ4v) is 2.52. The number of amides is 1. The van der Waals surface area contributed by atoms with Crippen molar-refractivity contribution in [2.75, 3.05) is 20.2 Å². The third-order valence-electron chi connectivity index (χ3n) is 3.76. The molecule has 1 atom stereocenters. The quantitative estimate of drug-likeness (QED) is 0.788. The standard InChI is InChI=1S/C18H19N3O3/c1-23-16-11-19-12-17(20-16)24-15-9-10-21(13-15)18(22)8-7-14-5-3-2-4-6-14/h2-8,11-12,15H,9-10,13H2,1H3. The Bertz CT molecular complexity index is 718. The highest BCUT2D eigenvalue weighted by molar-refractivity contribution is 5.92. The number of hydrogen-bond acceptors (Lipinski definition) is 5. The summed E-state index contributed by atoms with van der Waals surface area (Å²) in [7, 11) is 1.53. The lowest BCUT2D eigenvalue weighted by atomic mass is 10.2. The molecule has 0 spiro atoms. The number of benzene rings is 1. The molecule has 0 bridgehead atoms. The van der Waals surface area contributed by atoms with E-state index in [9.17, 15) is 4.79 Å². The molecule has 124 valence electrons. The van der Waals surface area contributed by atoms with Gasteiger partial charge in [-0.1, -0.05) is 30.3 Å². The van der Waals surface area contributed by atoms with E-state index < -0.39 is 0 Å². The molecule has 1 fully saturated rings. The van der Waals surface area contributed by atoms with Crippen LogP contribution in [0.3, 0.4) is 0 Å². The molecular formula is C18H19N3O3. The molecule has 0 aliphatic carbocycles. The summed E-state index contributed by atoms with van der Waals surface area (Å²) >= 11 is 0. The fourth-order valence-electron chi connectivity index (χ4n) is 2.52. The monoisotopic (exact) mass is 325 g/mol. The van der Waals surface area contributed by atoms with Crippen LogP contribution in [0.25, 0.3) is 6.08 Å². The Balaban J connectivity index is 1.54. The second kappa shape index (κ2) is 7.59. The van der Waals surface area contributed by atoms with Gasteiger partial charge in [-0.25, -0.2) is 0 Å². The lowest BCUT2D eigenvalue weighted by Crippen LogP contribution is -2.29. The SMILES string of the molecule is COc1cncc(OC2CCN(C(=O)C=Cc3ccccc3)C2)n1. The smallest absolute Gasteiger partial charge is 0.246 e. The third-order valence-corrected chi connectivity index (χ3v) is 3.76. The van der Waals surface area contributed by atoms with Crippen LogP contribution in [0.5, 0.6) is 11.8 Å². The first-order chi connectivity index (χ1) is 11.7. The van der Waals surface area contributed by atoms with E-state index in [1.807, 2.05) is 36.4 Å². The minimum atomic E-state index is -0.0829. The van der Waals surface area contributed by atoms with Crippen LogP contribution in [0, 0.1) is 0 Å². The summed E-state index contributed by atoms with van der Waals surface area (Å²) in [6.45, 7) is 1.21. The molecule has 6 heteroatoms. The minimum Gasteiger partial charge on any atom is -0.480 e. The molecule has 0 saturated carbocycles. The van der Waals surface area contributed by atoms with Gasteiger partial charge >= 0.3 is 0 Å². The van der Waals surface area contributed by atoms with Crippen molar-refractivity contribution < 1.29 is 14.3 Å². The Morgan fingerprint density at radius 2 is 2.04 bits per heavy atom. The highest BCUT2D eigenvalue weighted by Crippen LogP contribution is 2.18. The number of likely N-dealkylation sites (tertiary alicyclic amines) is 1. The van der Waals surface area contributed by atoms with Gasteiger partial charge in [0.2, 0.25) is 17.7 Å². The summed E-state index contributed by atoms with van der Waals surface area (Å²) in [5, 5.41) is 0. The lowest BCUT2D eigenvalue weighted by Gasteiger charge is -2.15. The molecule has 3 rings (SSSR count). The number of carbonyl (C=O) groups excluding carboxylic acids is 1. The van der Waals surface area contributed by atoms with Crippen molar-refractivity contribution >= 4 is 12.0 Å². The zero-order valence-corrected chi connectivity index (χ0v) is 13.5. The predicted molar refractivity (Wildman–Crippen MR) is 89.7 cm³/mol. The second-order valence-electron chi connectivity index (χ2n) is 5.46. The summed E-state index contributed by atoms with van der Waals surface area (Å²) in [5.74, 6) is 0.805. The normalized spacial score (nSPS) is 17.2. The molecule has 2 heterocycles. The summed E-state index contributed by atoms with van der Waals surface area (Å²) in [6.07, 6.45) is 7.17. The lowest BCUT2D eigenvalue weighted by molar-refractivity contribution is -0.125. The molecule has 24 heavy (non-hydrogen) atoms. The number of methoxy groups -OCH3 is 1. The minimum absolute atomic E-state index is 0.0123. The van der Waals surface area contributed by atoms with Crippen LogP contribution in [0.2, 0.25) is 0 Å². The molecule has 1 amide bonds. The van der Waals surface area contributed by atoms with Crippen LogP contribution in [0.4, 0.5) is 0 Å². The van der Waals surface area contributed by atoms with Crippen molar-refractivity contribution in [1.82, 2.24) is 14.9 Å². The van der Waals surface area contributed by atoms with E-state index in [2.05, 4.69) is 9.97 Å². The van der Waals surface area contributed by atoms with Gasteiger partial charge in [-0.2, -0.15) is 4.98 Å². The van der Waals surface area contributed by atoms with E-state index in [-0.39, 0.29) is 12.0 Å². The Morgan fingerprint density at radius 1 is 1.25 bits per heavy atom. The molecule has 0 N–H and O–H groups in total. The maximum Gasteiger partial charge on any atom is 0.246 e. The van der Waals surface area contributed by atoms with Crippen molar-refractivity contribution in [2.45, 2.75) is 12.5 Å². The largest absolute Gasteiger partial charge is 0.480 e. The third kappa shape index (κ3) is 4.10. The van der Waals surface area contributed by atoms with E-state index in [0.29, 0.717) is 24.8 Å². The van der Waals surface area contributed by atoms with Crippen molar-refractivity contribution in [1.29, 1.82) is 0 Å². The molecule has 2 aromatic rings. The average Bonchev–Trinajstić information content (AvgIpc) is 3.09. The second-order valence-corrected chi connectivity index (χ2v) is 5.46. The van der Waals surface area contributed by atoms with Gasteiger partial charge in [0.15, 0.2) is 0 Å². The van der Waals surface area contributed by atoms with E-state index in [1.165, 1.54) is 13.3 Å². The van der Waals surface area contributed by atoms with E-state index in [1.54, 1.807) is 17.2 Å². The molecule has 1 unspecified atom stereocenters. The maximum absolute atomic E-state index is 12.3. The maximum atomic E-state index is 12.3. The summed E-state index contributed by atoms with van der Waals surface area (Å²) in [6, 6.07) is 9.75. The van der Waals surface area contributed by atoms with Gasteiger partial charge < -0.3 is 14.4 Å². The van der Waals surface area contributed by atoms with Crippen LogP contribution in [0.1, 0.15) is 12.0 Å². The van der Waals surface area contributed by atoms with Crippen LogP contribution < -0.4 is 9.47 Å². The highest BCUT2D eigenvalue weighted by atomic mass is 16.5. The molecule has 6 nitrogen and oxygen atoms in total. The highest BCUT2D eigenvalue weighted by Gasteiger charge is 2.26. The van der Waals surface area contributed by atoms with Crippen LogP contribution in [0.15, 0.2) is 48.8 Å². The van der Waals surface area contributed by atoms with Gasteiger partial charge in [0.1, 0.15) is 6.10 Å². The van der Waals surface area contributed by atoms with Crippen molar-refractivity contribution in [3.05, 3.63) is 54.4 Å². The number of carbonyl (C=O) groups is 1. The van der Waals surface area contributed by atoms with Gasteiger partial charge in [0.25, 0.3) is 0 Å². The molecule has 1 aromatic heterocycles. The van der Waals surface area contributed by atoms with Crippen molar-refractivity contribution in [3.8, 4) is 11.8 Å². The topological polar surface area (TPSA) is 64.6 Å². The fraction of sp³-hybridized carbons (Fsp3) is 0.278. The van der Waals surface area contributed by atoms with Crippen molar-refractivity contribution in [3.63, 3.8) is 0 Å². The van der Waals surface area contributed by atoms with Crippen LogP contribution in [-0.2, 0) is 4.79 Å². The van der Waals surface area contributed by atoms with Gasteiger partial charge in [-0.15, -0.1) is 0 Å². The first kappa shape index (κ1) is 16.0. The Hall–Kier alpha value is -2.89. The van der Waals surface area contributed by atoms with Gasteiger partial charge in [-0.3, -0.25) is 9.78 Å². The van der Waals surface area contributed by atoms with Crippen LogP contribution >= 0.6 is 0 Å². The van der Waals surface area contributed by atoms with Gasteiger partial charge in [0, 0.05) is 19.0 Å². The number of aromatic nitrogens is 2. The molecular weight excluding hydrogens is 306 g/mol. The number of nitrogens with zero attached hydrogens (tertiary/aromatic N) is 3. The zero-order valence-electron chi connectivity index (χ0n) is 13.5. The van der Waals surface area contributed by atoms with Gasteiger partial charge in [0.05, 0.1) is 26.0 Å². The van der Waals surface area contributed by atoms with Crippen LogP contribution in [-0.4, -0.2) is 47.1 Å². The summed E-state index contributed by atoms with van der Waals surface area (Å²) in [5.41, 5.74) is 1.00. The number of hydrogen-bond donors (Lipinski definition) is 0. The summed E-state index contributed by atoms with van der Waals surface area (Å²) in [4.78, 5) is 22.2. The molecule has 0 radical (unpaired) electrons. The molecule has 1 aliphatic heterocycles. The summed E-state index contributed by atoms with van der Waals surface area (Å²) < 4.78 is 10.8. The van der Waals surface area contributed by atoms with E-state index >= 15 is 0 Å². The van der Waals surface area contributed by atoms with E-state index in [0.717, 1.165) is 12.0 Å². The van der Waals surface area contributed by atoms with Gasteiger partial charge in [-0.05, 0) is 11.6 Å². The Kier molecular flexibility index (Phi) is 5.05.